The number of allylic oxidation sites excluding steroid dienone is 8. The maximum atomic E-state index is 2.18. The summed E-state index contributed by atoms with van der Waals surface area (Å²) in [5.41, 5.74) is 0. The van der Waals surface area contributed by atoms with Gasteiger partial charge in [0.2, 0.25) is 0 Å². The summed E-state index contributed by atoms with van der Waals surface area (Å²) in [6, 6.07) is 0. The molecule has 0 saturated carbocycles. The molecule has 0 saturated heterocycles. The predicted molar refractivity (Wildman–Crippen MR) is 57.1 cm³/mol. The molecule has 0 N–H and O–H groups in total. The van der Waals surface area contributed by atoms with Gasteiger partial charge >= 0.3 is 0 Å². The molecule has 0 radical (unpaired) electrons. The molecule has 0 aromatic carbocycles. The topological polar surface area (TPSA) is 0 Å². The van der Waals surface area contributed by atoms with Gasteiger partial charge in [0, 0.05) is 0 Å². The van der Waals surface area contributed by atoms with Gasteiger partial charge in [0.05, 0.1) is 0 Å². The molecule has 0 aromatic heterocycles. The van der Waals surface area contributed by atoms with Gasteiger partial charge in [-0.3, -0.25) is 0 Å². The van der Waals surface area contributed by atoms with Crippen molar-refractivity contribution in [1.29, 1.82) is 0 Å². The monoisotopic (exact) mass is 162 g/mol. The van der Waals surface area contributed by atoms with Gasteiger partial charge in [0.25, 0.3) is 0 Å². The van der Waals surface area contributed by atoms with Gasteiger partial charge in [-0.15, -0.1) is 0 Å². The third kappa shape index (κ3) is 8.96. The first-order valence-corrected chi connectivity index (χ1v) is 4.47. The Morgan fingerprint density at radius 2 is 1.08 bits per heavy atom. The Morgan fingerprint density at radius 3 is 1.42 bits per heavy atom. The van der Waals surface area contributed by atoms with Crippen LogP contribution in [0, 0.1) is 0 Å². The number of unbranched alkanes of at least 4 members (excludes halogenated alkanes) is 1. The van der Waals surface area contributed by atoms with Crippen LogP contribution in [0.15, 0.2) is 48.6 Å². The molecule has 0 spiro atoms. The van der Waals surface area contributed by atoms with Crippen LogP contribution in [0.25, 0.3) is 0 Å². The molecule has 0 aromatic rings. The minimum Gasteiger partial charge on any atom is -0.0877 e. The Hall–Kier alpha value is -1.04. The van der Waals surface area contributed by atoms with Crippen LogP contribution in [0.2, 0.25) is 0 Å². The predicted octanol–water partition coefficient (Wildman–Crippen LogP) is 4.03. The molecule has 0 aliphatic heterocycles. The van der Waals surface area contributed by atoms with Crippen molar-refractivity contribution in [2.75, 3.05) is 0 Å². The van der Waals surface area contributed by atoms with Crippen molar-refractivity contribution in [3.05, 3.63) is 48.6 Å². The summed E-state index contributed by atoms with van der Waals surface area (Å²) in [7, 11) is 0. The van der Waals surface area contributed by atoms with Gasteiger partial charge in [-0.25, -0.2) is 0 Å². The highest BCUT2D eigenvalue weighted by Gasteiger charge is 1.72. The molecular formula is C12H18. The van der Waals surface area contributed by atoms with Crippen LogP contribution in [0.3, 0.4) is 0 Å². The first-order valence-electron chi connectivity index (χ1n) is 4.47. The summed E-state index contributed by atoms with van der Waals surface area (Å²) in [6.07, 6.45) is 19.0. The standard InChI is InChI=1S/C12H18/c1-3-5-7-9-11-12-10-8-6-4-2/h3-10H,11-12H2,1-2H3. The molecule has 0 aliphatic rings. The molecule has 0 atom stereocenters. The summed E-state index contributed by atoms with van der Waals surface area (Å²) in [6.45, 7) is 4.05. The van der Waals surface area contributed by atoms with E-state index in [1.165, 1.54) is 0 Å². The molecule has 0 amide bonds. The molecule has 0 unspecified atom stereocenters. The molecule has 0 rings (SSSR count). The first-order chi connectivity index (χ1) is 5.91. The van der Waals surface area contributed by atoms with E-state index in [1.54, 1.807) is 0 Å². The lowest BCUT2D eigenvalue weighted by molar-refractivity contribution is 1.05. The molecule has 0 heterocycles. The first kappa shape index (κ1) is 11.0. The van der Waals surface area contributed by atoms with E-state index in [2.05, 4.69) is 36.5 Å². The van der Waals surface area contributed by atoms with Crippen LogP contribution >= 0.6 is 0 Å². The fourth-order valence-electron chi connectivity index (χ4n) is 0.764. The molecule has 0 fully saturated rings. The minimum atomic E-state index is 1.12. The SMILES string of the molecule is CC=CC=CCCC=CC=CC. The van der Waals surface area contributed by atoms with E-state index in [1.807, 2.05) is 26.0 Å². The number of hydrogen-bond donors (Lipinski definition) is 0. The smallest absolute Gasteiger partial charge is 0.0313 e. The van der Waals surface area contributed by atoms with Gasteiger partial charge < -0.3 is 0 Å². The van der Waals surface area contributed by atoms with Gasteiger partial charge in [0.15, 0.2) is 0 Å². The van der Waals surface area contributed by atoms with E-state index < -0.39 is 0 Å². The lowest BCUT2D eigenvalue weighted by Gasteiger charge is -1.83. The van der Waals surface area contributed by atoms with Crippen LogP contribution in [0.4, 0.5) is 0 Å². The zero-order valence-corrected chi connectivity index (χ0v) is 8.03. The van der Waals surface area contributed by atoms with Gasteiger partial charge in [-0.2, -0.15) is 0 Å². The van der Waals surface area contributed by atoms with E-state index >= 15 is 0 Å². The second kappa shape index (κ2) is 9.96. The molecule has 0 nitrogen and oxygen atoms in total. The van der Waals surface area contributed by atoms with E-state index in [-0.39, 0.29) is 0 Å². The van der Waals surface area contributed by atoms with Gasteiger partial charge in [0.1, 0.15) is 0 Å². The number of hydrogen-bond acceptors (Lipinski definition) is 0. The van der Waals surface area contributed by atoms with Crippen molar-refractivity contribution < 1.29 is 0 Å². The molecule has 0 aliphatic carbocycles. The second-order valence-corrected chi connectivity index (χ2v) is 2.49. The summed E-state index contributed by atoms with van der Waals surface area (Å²) in [4.78, 5) is 0. The Kier molecular flexibility index (Phi) is 9.10. The van der Waals surface area contributed by atoms with Gasteiger partial charge in [-0.05, 0) is 26.7 Å². The lowest BCUT2D eigenvalue weighted by atomic mass is 10.2. The van der Waals surface area contributed by atoms with Crippen LogP contribution in [-0.4, -0.2) is 0 Å². The van der Waals surface area contributed by atoms with Gasteiger partial charge in [-0.1, -0.05) is 48.6 Å². The third-order valence-electron chi connectivity index (χ3n) is 1.38. The van der Waals surface area contributed by atoms with Crippen molar-refractivity contribution in [1.82, 2.24) is 0 Å². The lowest BCUT2D eigenvalue weighted by Crippen LogP contribution is -1.62. The van der Waals surface area contributed by atoms with Crippen molar-refractivity contribution >= 4 is 0 Å². The zero-order chi connectivity index (χ0) is 9.07. The van der Waals surface area contributed by atoms with Crippen LogP contribution < -0.4 is 0 Å². The summed E-state index contributed by atoms with van der Waals surface area (Å²) in [5, 5.41) is 0. The fourth-order valence-corrected chi connectivity index (χ4v) is 0.764. The fraction of sp³-hybridized carbons (Fsp3) is 0.333. The van der Waals surface area contributed by atoms with E-state index in [9.17, 15) is 0 Å². The van der Waals surface area contributed by atoms with E-state index in [0.717, 1.165) is 12.8 Å². The molecule has 0 heteroatoms. The second-order valence-electron chi connectivity index (χ2n) is 2.49. The Bertz CT molecular complexity index is 158. The normalized spacial score (nSPS) is 13.2. The Balaban J connectivity index is 3.32. The van der Waals surface area contributed by atoms with Crippen LogP contribution in [0.5, 0.6) is 0 Å². The van der Waals surface area contributed by atoms with Crippen molar-refractivity contribution in [3.8, 4) is 0 Å². The highest BCUT2D eigenvalue weighted by molar-refractivity contribution is 5.04. The van der Waals surface area contributed by atoms with Crippen LogP contribution in [-0.2, 0) is 0 Å². The van der Waals surface area contributed by atoms with E-state index in [0.29, 0.717) is 0 Å². The molecular weight excluding hydrogens is 144 g/mol. The average molecular weight is 162 g/mol. The van der Waals surface area contributed by atoms with Crippen molar-refractivity contribution in [2.45, 2.75) is 26.7 Å². The summed E-state index contributed by atoms with van der Waals surface area (Å²) in [5.74, 6) is 0. The number of rotatable bonds is 5. The van der Waals surface area contributed by atoms with Crippen molar-refractivity contribution in [2.24, 2.45) is 0 Å². The molecule has 0 bridgehead atoms. The highest BCUT2D eigenvalue weighted by Crippen LogP contribution is 1.93. The summed E-state index contributed by atoms with van der Waals surface area (Å²) >= 11 is 0. The Labute approximate surface area is 76.0 Å². The largest absolute Gasteiger partial charge is 0.0877 e. The third-order valence-corrected chi connectivity index (χ3v) is 1.38. The van der Waals surface area contributed by atoms with E-state index in [4.69, 9.17) is 0 Å². The maximum absolute atomic E-state index is 2.18. The van der Waals surface area contributed by atoms with Crippen molar-refractivity contribution in [3.63, 3.8) is 0 Å². The zero-order valence-electron chi connectivity index (χ0n) is 8.03. The minimum absolute atomic E-state index is 1.12. The molecule has 12 heavy (non-hydrogen) atoms. The highest BCUT2D eigenvalue weighted by atomic mass is 13.8. The Morgan fingerprint density at radius 1 is 0.667 bits per heavy atom. The average Bonchev–Trinajstić information content (AvgIpc) is 2.10. The van der Waals surface area contributed by atoms with Crippen LogP contribution in [0.1, 0.15) is 26.7 Å². The summed E-state index contributed by atoms with van der Waals surface area (Å²) < 4.78 is 0. The maximum Gasteiger partial charge on any atom is -0.0313 e. The quantitative estimate of drug-likeness (QED) is 0.423. The molecule has 66 valence electrons.